The Kier molecular flexibility index (Phi) is 6.89. The number of aromatic nitrogens is 2. The molecule has 8 nitrogen and oxygen atoms in total. The fraction of sp³-hybridized carbons (Fsp3) is 0.120. The van der Waals surface area contributed by atoms with Crippen LogP contribution in [0.2, 0.25) is 5.02 Å². The van der Waals surface area contributed by atoms with Gasteiger partial charge in [-0.2, -0.15) is 5.10 Å². The molecule has 0 bridgehead atoms. The van der Waals surface area contributed by atoms with Gasteiger partial charge in [0.05, 0.1) is 24.1 Å². The molecule has 0 saturated heterocycles. The van der Waals surface area contributed by atoms with Crippen molar-refractivity contribution in [3.05, 3.63) is 106 Å². The summed E-state index contributed by atoms with van der Waals surface area (Å²) < 4.78 is 6.77. The Morgan fingerprint density at radius 3 is 2.38 bits per heavy atom. The Morgan fingerprint density at radius 1 is 0.971 bits per heavy atom. The number of ketones is 1. The maximum atomic E-state index is 13.2. The van der Waals surface area contributed by atoms with Crippen molar-refractivity contribution in [3.63, 3.8) is 0 Å². The van der Waals surface area contributed by atoms with Gasteiger partial charge in [0.1, 0.15) is 5.76 Å². The van der Waals surface area contributed by atoms with Crippen molar-refractivity contribution >= 4 is 34.9 Å². The summed E-state index contributed by atoms with van der Waals surface area (Å²) in [4.78, 5) is 39.0. The lowest BCUT2D eigenvalue weighted by atomic mass is 9.98. The molecule has 2 heterocycles. The van der Waals surface area contributed by atoms with Crippen LogP contribution in [0.1, 0.15) is 49.5 Å². The zero-order valence-electron chi connectivity index (χ0n) is 18.2. The molecule has 0 unspecified atom stereocenters. The molecule has 4 rings (SSSR count). The first-order valence-corrected chi connectivity index (χ1v) is 10.9. The molecule has 9 heteroatoms. The number of hydrogen-bond acceptors (Lipinski definition) is 5. The van der Waals surface area contributed by atoms with Crippen LogP contribution in [0.4, 0.5) is 5.69 Å². The predicted octanol–water partition coefficient (Wildman–Crippen LogP) is 4.56. The highest BCUT2D eigenvalue weighted by molar-refractivity contribution is 6.30. The van der Waals surface area contributed by atoms with E-state index in [4.69, 9.17) is 16.0 Å². The summed E-state index contributed by atoms with van der Waals surface area (Å²) >= 11 is 5.92. The topological polar surface area (TPSA) is 106 Å². The second-order valence-corrected chi connectivity index (χ2v) is 7.78. The van der Waals surface area contributed by atoms with E-state index in [0.29, 0.717) is 22.9 Å². The molecule has 4 aromatic rings. The van der Waals surface area contributed by atoms with E-state index in [1.54, 1.807) is 71.5 Å². The quantitative estimate of drug-likeness (QED) is 0.362. The van der Waals surface area contributed by atoms with E-state index < -0.39 is 11.8 Å². The number of anilines is 1. The predicted molar refractivity (Wildman–Crippen MR) is 127 cm³/mol. The molecule has 0 spiro atoms. The minimum Gasteiger partial charge on any atom is -0.467 e. The standard InChI is InChI=1S/C25H21ClN4O4/c1-2-30-15-21(22(29-30)25(33)27-14-18-6-5-13-34-18)28-24(32)20-8-4-3-7-19(20)23(31)16-9-11-17(26)12-10-16/h3-13,15H,2,14H2,1H3,(H,27,33)(H,28,32). The van der Waals surface area contributed by atoms with Crippen LogP contribution in [0.15, 0.2) is 77.5 Å². The summed E-state index contributed by atoms with van der Waals surface area (Å²) in [6.07, 6.45) is 3.09. The Balaban J connectivity index is 1.57. The third kappa shape index (κ3) is 5.07. The maximum absolute atomic E-state index is 13.2. The van der Waals surface area contributed by atoms with Gasteiger partial charge in [-0.15, -0.1) is 0 Å². The maximum Gasteiger partial charge on any atom is 0.274 e. The molecule has 0 aliphatic rings. The molecule has 2 N–H and O–H groups in total. The molecule has 2 aromatic heterocycles. The van der Waals surface area contributed by atoms with Gasteiger partial charge in [-0.05, 0) is 49.4 Å². The Labute approximate surface area is 200 Å². The SMILES string of the molecule is CCn1cc(NC(=O)c2ccccc2C(=O)c2ccc(Cl)cc2)c(C(=O)NCc2ccco2)n1. The fourth-order valence-electron chi connectivity index (χ4n) is 3.33. The van der Waals surface area contributed by atoms with E-state index in [1.807, 2.05) is 6.92 Å². The van der Waals surface area contributed by atoms with Gasteiger partial charge in [-0.3, -0.25) is 19.1 Å². The van der Waals surface area contributed by atoms with Crippen LogP contribution in [0.25, 0.3) is 0 Å². The van der Waals surface area contributed by atoms with Gasteiger partial charge in [0, 0.05) is 28.9 Å². The Morgan fingerprint density at radius 2 is 1.71 bits per heavy atom. The van der Waals surface area contributed by atoms with Gasteiger partial charge in [0.25, 0.3) is 11.8 Å². The van der Waals surface area contributed by atoms with Crippen molar-refractivity contribution < 1.29 is 18.8 Å². The number of hydrogen-bond donors (Lipinski definition) is 2. The average Bonchev–Trinajstić information content (AvgIpc) is 3.52. The molecule has 34 heavy (non-hydrogen) atoms. The number of carbonyl (C=O) groups excluding carboxylic acids is 3. The zero-order valence-corrected chi connectivity index (χ0v) is 19.0. The van der Waals surface area contributed by atoms with Gasteiger partial charge >= 0.3 is 0 Å². The van der Waals surface area contributed by atoms with Gasteiger partial charge in [-0.25, -0.2) is 0 Å². The second-order valence-electron chi connectivity index (χ2n) is 7.34. The van der Waals surface area contributed by atoms with Crippen molar-refractivity contribution in [1.29, 1.82) is 0 Å². The molecule has 2 amide bonds. The Bertz CT molecular complexity index is 1330. The lowest BCUT2D eigenvalue weighted by Gasteiger charge is -2.10. The minimum absolute atomic E-state index is 0.0586. The monoisotopic (exact) mass is 476 g/mol. The lowest BCUT2D eigenvalue weighted by molar-refractivity contribution is 0.0942. The first-order valence-electron chi connectivity index (χ1n) is 10.5. The molecule has 0 atom stereocenters. The zero-order chi connectivity index (χ0) is 24.1. The lowest BCUT2D eigenvalue weighted by Crippen LogP contribution is -2.25. The van der Waals surface area contributed by atoms with Crippen molar-refractivity contribution in [3.8, 4) is 0 Å². The molecule has 2 aromatic carbocycles. The van der Waals surface area contributed by atoms with E-state index in [9.17, 15) is 14.4 Å². The van der Waals surface area contributed by atoms with E-state index in [-0.39, 0.29) is 34.8 Å². The average molecular weight is 477 g/mol. The molecule has 0 radical (unpaired) electrons. The third-order valence-electron chi connectivity index (χ3n) is 5.07. The van der Waals surface area contributed by atoms with E-state index in [1.165, 1.54) is 6.26 Å². The highest BCUT2D eigenvalue weighted by Crippen LogP contribution is 2.20. The van der Waals surface area contributed by atoms with Crippen molar-refractivity contribution in [1.82, 2.24) is 15.1 Å². The van der Waals surface area contributed by atoms with Gasteiger partial charge in [0.2, 0.25) is 0 Å². The summed E-state index contributed by atoms with van der Waals surface area (Å²) in [5, 5.41) is 10.2. The van der Waals surface area contributed by atoms with Gasteiger partial charge in [-0.1, -0.05) is 29.8 Å². The third-order valence-corrected chi connectivity index (χ3v) is 5.33. The van der Waals surface area contributed by atoms with Crippen LogP contribution in [0.5, 0.6) is 0 Å². The number of carbonyl (C=O) groups is 3. The molecule has 0 aliphatic carbocycles. The number of halogens is 1. The second kappa shape index (κ2) is 10.2. The highest BCUT2D eigenvalue weighted by atomic mass is 35.5. The molecule has 0 aliphatic heterocycles. The fourth-order valence-corrected chi connectivity index (χ4v) is 3.46. The largest absolute Gasteiger partial charge is 0.467 e. The van der Waals surface area contributed by atoms with Crippen molar-refractivity contribution in [2.24, 2.45) is 0 Å². The first-order chi connectivity index (χ1) is 16.5. The smallest absolute Gasteiger partial charge is 0.274 e. The van der Waals surface area contributed by atoms with E-state index in [2.05, 4.69) is 15.7 Å². The van der Waals surface area contributed by atoms with Gasteiger partial charge < -0.3 is 15.1 Å². The number of benzene rings is 2. The van der Waals surface area contributed by atoms with E-state index >= 15 is 0 Å². The molecule has 172 valence electrons. The van der Waals surface area contributed by atoms with Crippen LogP contribution < -0.4 is 10.6 Å². The van der Waals surface area contributed by atoms with E-state index in [0.717, 1.165) is 0 Å². The minimum atomic E-state index is -0.534. The van der Waals surface area contributed by atoms with Crippen LogP contribution in [-0.4, -0.2) is 27.4 Å². The molecule has 0 fully saturated rings. The van der Waals surface area contributed by atoms with Crippen LogP contribution in [0.3, 0.4) is 0 Å². The number of nitrogens with zero attached hydrogens (tertiary/aromatic N) is 2. The molecule has 0 saturated carbocycles. The molecular formula is C25H21ClN4O4. The summed E-state index contributed by atoms with van der Waals surface area (Å²) in [6, 6.07) is 16.4. The number of furan rings is 1. The first kappa shape index (κ1) is 23.0. The van der Waals surface area contributed by atoms with Crippen LogP contribution in [0, 0.1) is 0 Å². The number of amides is 2. The summed E-state index contributed by atoms with van der Waals surface area (Å²) in [6.45, 7) is 2.54. The van der Waals surface area contributed by atoms with Crippen LogP contribution >= 0.6 is 11.6 Å². The van der Waals surface area contributed by atoms with Crippen molar-refractivity contribution in [2.45, 2.75) is 20.0 Å². The van der Waals surface area contributed by atoms with Gasteiger partial charge in [0.15, 0.2) is 11.5 Å². The summed E-state index contributed by atoms with van der Waals surface area (Å²) in [5.74, 6) is -0.732. The van der Waals surface area contributed by atoms with Crippen molar-refractivity contribution in [2.75, 3.05) is 5.32 Å². The Hall–Kier alpha value is -4.17. The normalized spacial score (nSPS) is 10.6. The number of aryl methyl sites for hydroxylation is 1. The number of rotatable bonds is 8. The van der Waals surface area contributed by atoms with Crippen LogP contribution in [-0.2, 0) is 13.1 Å². The summed E-state index contributed by atoms with van der Waals surface area (Å²) in [5.41, 5.74) is 1.10. The molecular weight excluding hydrogens is 456 g/mol. The summed E-state index contributed by atoms with van der Waals surface area (Å²) in [7, 11) is 0. The highest BCUT2D eigenvalue weighted by Gasteiger charge is 2.22. The number of nitrogens with one attached hydrogen (secondary N) is 2.